The van der Waals surface area contributed by atoms with Crippen LogP contribution in [-0.4, -0.2) is 53.9 Å². The largest absolute Gasteiger partial charge is 0.375 e. The molecule has 194 valence electrons. The van der Waals surface area contributed by atoms with Gasteiger partial charge in [0.05, 0.1) is 15.1 Å². The van der Waals surface area contributed by atoms with E-state index >= 15 is 0 Å². The van der Waals surface area contributed by atoms with Gasteiger partial charge in [0.25, 0.3) is 0 Å². The van der Waals surface area contributed by atoms with Gasteiger partial charge in [-0.1, -0.05) is 29.6 Å². The lowest BCUT2D eigenvalue weighted by Crippen LogP contribution is -2.34. The van der Waals surface area contributed by atoms with Crippen molar-refractivity contribution in [2.24, 2.45) is 0 Å². The van der Waals surface area contributed by atoms with Crippen LogP contribution < -0.4 is 16.4 Å². The summed E-state index contributed by atoms with van der Waals surface area (Å²) < 4.78 is 28.9. The molecule has 0 atom stereocenters. The van der Waals surface area contributed by atoms with Gasteiger partial charge in [-0.25, -0.2) is 23.4 Å². The summed E-state index contributed by atoms with van der Waals surface area (Å²) in [4.78, 5) is 13.4. The molecule has 0 radical (unpaired) electrons. The number of rotatable bonds is 6. The lowest BCUT2D eigenvalue weighted by Gasteiger charge is -2.21. The lowest BCUT2D eigenvalue weighted by atomic mass is 10.2. The molecule has 0 spiro atoms. The fraction of sp³-hybridized carbons (Fsp3) is 0.240. The molecule has 1 fully saturated rings. The van der Waals surface area contributed by atoms with Gasteiger partial charge in [-0.15, -0.1) is 12.4 Å². The first-order valence-corrected chi connectivity index (χ1v) is 13.9. The summed E-state index contributed by atoms with van der Waals surface area (Å²) in [5.41, 5.74) is 9.98. The molecule has 5 rings (SSSR count). The number of nitrogens with zero attached hydrogens (tertiary/aromatic N) is 4. The Labute approximate surface area is 226 Å². The normalized spacial score (nSPS) is 14.9. The number of sulfonamides is 1. The number of nitrogen functional groups attached to an aromatic ring is 1. The molecule has 0 unspecified atom stereocenters. The fourth-order valence-electron chi connectivity index (χ4n) is 4.09. The number of anilines is 3. The minimum atomic E-state index is -3.53. The van der Waals surface area contributed by atoms with Crippen LogP contribution in [0.1, 0.15) is 23.1 Å². The Morgan fingerprint density at radius 1 is 1.05 bits per heavy atom. The van der Waals surface area contributed by atoms with E-state index in [0.29, 0.717) is 41.2 Å². The van der Waals surface area contributed by atoms with Crippen molar-refractivity contribution < 1.29 is 8.42 Å². The number of thiazole rings is 1. The number of nitrogens with two attached hydrogens (primary N) is 1. The van der Waals surface area contributed by atoms with Gasteiger partial charge in [0.2, 0.25) is 16.0 Å². The van der Waals surface area contributed by atoms with Gasteiger partial charge in [0, 0.05) is 43.3 Å². The Bertz CT molecular complexity index is 1510. The number of hydrogen-bond acceptors (Lipinski definition) is 9. The second-order valence-electron chi connectivity index (χ2n) is 8.57. The van der Waals surface area contributed by atoms with Crippen molar-refractivity contribution >= 4 is 72.9 Å². The molecule has 3 heterocycles. The third kappa shape index (κ3) is 6.25. The molecule has 4 N–H and O–H groups in total. The first-order valence-electron chi connectivity index (χ1n) is 11.6. The van der Waals surface area contributed by atoms with E-state index in [-0.39, 0.29) is 12.4 Å². The average molecular weight is 558 g/mol. The summed E-state index contributed by atoms with van der Waals surface area (Å²) in [5.74, 6) is 0.433. The molecule has 12 heteroatoms. The second-order valence-corrected chi connectivity index (χ2v) is 11.5. The van der Waals surface area contributed by atoms with Crippen molar-refractivity contribution in [1.82, 2.24) is 24.6 Å². The van der Waals surface area contributed by atoms with Gasteiger partial charge in [-0.2, -0.15) is 4.31 Å². The van der Waals surface area contributed by atoms with E-state index in [1.807, 2.05) is 36.4 Å². The smallest absolute Gasteiger partial charge is 0.243 e. The summed E-state index contributed by atoms with van der Waals surface area (Å²) in [6.45, 7) is 4.31. The average Bonchev–Trinajstić information content (AvgIpc) is 3.04. The van der Waals surface area contributed by atoms with Crippen LogP contribution in [0.25, 0.3) is 22.4 Å². The first-order chi connectivity index (χ1) is 17.4. The second kappa shape index (κ2) is 11.5. The van der Waals surface area contributed by atoms with Crippen LogP contribution >= 0.6 is 23.7 Å². The topological polar surface area (TPSA) is 126 Å². The van der Waals surface area contributed by atoms with Crippen LogP contribution in [0.5, 0.6) is 0 Å². The van der Waals surface area contributed by atoms with E-state index in [0.717, 1.165) is 40.0 Å². The molecule has 1 aliphatic heterocycles. The molecule has 0 amide bonds. The molecule has 37 heavy (non-hydrogen) atoms. The van der Waals surface area contributed by atoms with Crippen LogP contribution in [0.3, 0.4) is 0 Å². The van der Waals surface area contributed by atoms with E-state index in [2.05, 4.69) is 25.6 Å². The van der Waals surface area contributed by atoms with E-state index in [1.165, 1.54) is 11.3 Å². The van der Waals surface area contributed by atoms with Gasteiger partial charge < -0.3 is 16.4 Å². The molecule has 0 bridgehead atoms. The number of nitrogens with one attached hydrogen (secondary N) is 2. The van der Waals surface area contributed by atoms with Gasteiger partial charge in [-0.05, 0) is 61.3 Å². The molecule has 9 nitrogen and oxygen atoms in total. The summed E-state index contributed by atoms with van der Waals surface area (Å²) in [7, 11) is -3.53. The van der Waals surface area contributed by atoms with Crippen molar-refractivity contribution in [3.8, 4) is 0 Å². The zero-order valence-corrected chi connectivity index (χ0v) is 22.7. The van der Waals surface area contributed by atoms with Crippen LogP contribution in [0, 0.1) is 6.92 Å². The van der Waals surface area contributed by atoms with Crippen molar-refractivity contribution in [2.75, 3.05) is 37.2 Å². The highest BCUT2D eigenvalue weighted by Crippen LogP contribution is 2.26. The van der Waals surface area contributed by atoms with Crippen LogP contribution in [0.2, 0.25) is 0 Å². The molecule has 2 aromatic carbocycles. The predicted octanol–water partition coefficient (Wildman–Crippen LogP) is 4.30. The van der Waals surface area contributed by atoms with E-state index in [9.17, 15) is 8.42 Å². The summed E-state index contributed by atoms with van der Waals surface area (Å²) in [6.07, 6.45) is 8.20. The first kappa shape index (κ1) is 27.0. The van der Waals surface area contributed by atoms with Gasteiger partial charge in [-0.3, -0.25) is 0 Å². The van der Waals surface area contributed by atoms with Gasteiger partial charge in [0.1, 0.15) is 0 Å². The summed E-state index contributed by atoms with van der Waals surface area (Å²) in [5, 5.41) is 6.95. The maximum atomic E-state index is 13.1. The van der Waals surface area contributed by atoms with Crippen LogP contribution in [0.4, 0.5) is 16.8 Å². The highest BCUT2D eigenvalue weighted by atomic mass is 35.5. The SMILES string of the molecule is Cc1cc(Nc2ncc(/C=C/c3ccc4nc(N)sc4c3)cn2)ccc1S(=O)(=O)N1CCCNCC1.Cl. The Kier molecular flexibility index (Phi) is 8.40. The van der Waals surface area contributed by atoms with Crippen molar-refractivity contribution in [2.45, 2.75) is 18.2 Å². The monoisotopic (exact) mass is 557 g/mol. The molecule has 0 saturated carbocycles. The molecular formula is C25H28ClN7O2S2. The molecule has 4 aromatic rings. The molecule has 1 saturated heterocycles. The third-order valence-electron chi connectivity index (χ3n) is 5.92. The number of benzene rings is 2. The Hall–Kier alpha value is -3.09. The minimum absolute atomic E-state index is 0. The minimum Gasteiger partial charge on any atom is -0.375 e. The molecule has 2 aromatic heterocycles. The molecule has 0 aliphatic carbocycles. The Morgan fingerprint density at radius 2 is 1.84 bits per heavy atom. The molecule has 1 aliphatic rings. The number of hydrogen-bond donors (Lipinski definition) is 3. The van der Waals surface area contributed by atoms with Crippen LogP contribution in [0.15, 0.2) is 53.7 Å². The fourth-order valence-corrected chi connectivity index (χ4v) is 6.56. The predicted molar refractivity (Wildman–Crippen MR) is 153 cm³/mol. The highest BCUT2D eigenvalue weighted by Gasteiger charge is 2.26. The van der Waals surface area contributed by atoms with Crippen molar-refractivity contribution in [3.63, 3.8) is 0 Å². The van der Waals surface area contributed by atoms with Crippen molar-refractivity contribution in [1.29, 1.82) is 0 Å². The highest BCUT2D eigenvalue weighted by molar-refractivity contribution is 7.89. The van der Waals surface area contributed by atoms with E-state index < -0.39 is 10.0 Å². The zero-order valence-electron chi connectivity index (χ0n) is 20.2. The number of halogens is 1. The zero-order chi connectivity index (χ0) is 25.1. The summed E-state index contributed by atoms with van der Waals surface area (Å²) in [6, 6.07) is 11.2. The van der Waals surface area contributed by atoms with Gasteiger partial charge >= 0.3 is 0 Å². The maximum absolute atomic E-state index is 13.1. The number of aryl methyl sites for hydroxylation is 1. The maximum Gasteiger partial charge on any atom is 0.243 e. The van der Waals surface area contributed by atoms with Gasteiger partial charge in [0.15, 0.2) is 5.13 Å². The third-order valence-corrected chi connectivity index (χ3v) is 8.82. The Morgan fingerprint density at radius 3 is 2.62 bits per heavy atom. The van der Waals surface area contributed by atoms with E-state index in [4.69, 9.17) is 5.73 Å². The Balaban J connectivity index is 0.00000320. The van der Waals surface area contributed by atoms with Crippen molar-refractivity contribution in [3.05, 3.63) is 65.5 Å². The van der Waals surface area contributed by atoms with E-state index in [1.54, 1.807) is 35.8 Å². The lowest BCUT2D eigenvalue weighted by molar-refractivity contribution is 0.431. The van der Waals surface area contributed by atoms with Crippen LogP contribution in [-0.2, 0) is 10.0 Å². The number of aromatic nitrogens is 3. The molecular weight excluding hydrogens is 530 g/mol. The number of fused-ring (bicyclic) bond motifs is 1. The standard InChI is InChI=1S/C25H27N7O2S2.ClH/c1-17-13-20(6-8-23(17)36(33,34)32-11-2-9-27-10-12-32)30-25-28-15-19(16-29-25)4-3-18-5-7-21-22(14-18)35-24(26)31-21;/h3-8,13-16,27H,2,9-12H2,1H3,(H2,26,31)(H,28,29,30);1H/b4-3+;. The quantitative estimate of drug-likeness (QED) is 0.320. The summed E-state index contributed by atoms with van der Waals surface area (Å²) >= 11 is 1.46.